The molecule has 0 aromatic rings. The number of ether oxygens (including phenoxy) is 2. The third-order valence-corrected chi connectivity index (χ3v) is 5.83. The van der Waals surface area contributed by atoms with Crippen molar-refractivity contribution in [3.8, 4) is 0 Å². The number of ketones is 1. The second-order valence-corrected chi connectivity index (χ2v) is 7.73. The van der Waals surface area contributed by atoms with E-state index in [1.807, 2.05) is 26.0 Å². The summed E-state index contributed by atoms with van der Waals surface area (Å²) in [5.41, 5.74) is -0.924. The van der Waals surface area contributed by atoms with Crippen LogP contribution < -0.4 is 0 Å². The van der Waals surface area contributed by atoms with Crippen LogP contribution in [0.1, 0.15) is 40.5 Å². The molecule has 2 saturated heterocycles. The molecule has 0 saturated carbocycles. The molecule has 7 nitrogen and oxygen atoms in total. The fourth-order valence-corrected chi connectivity index (χ4v) is 3.93. The molecule has 2 fully saturated rings. The lowest BCUT2D eigenvalue weighted by atomic mass is 9.78. The van der Waals surface area contributed by atoms with E-state index >= 15 is 0 Å². The Morgan fingerprint density at radius 3 is 2.58 bits per heavy atom. The monoisotopic (exact) mass is 372 g/mol. The maximum atomic E-state index is 12.8. The van der Waals surface area contributed by atoms with E-state index in [1.165, 1.54) is 0 Å². The molecule has 2 aliphatic rings. The Balaban J connectivity index is 2.07. The van der Waals surface area contributed by atoms with E-state index in [4.69, 9.17) is 9.47 Å². The second-order valence-electron chi connectivity index (χ2n) is 7.73. The number of rotatable bonds is 8. The highest BCUT2D eigenvalue weighted by Crippen LogP contribution is 2.47. The summed E-state index contributed by atoms with van der Waals surface area (Å²) in [4.78, 5) is 12.8. The van der Waals surface area contributed by atoms with Gasteiger partial charge in [-0.15, -0.1) is 0 Å². The first-order chi connectivity index (χ1) is 12.1. The summed E-state index contributed by atoms with van der Waals surface area (Å²) in [7, 11) is 0. The molecular formula is C19H32O7. The van der Waals surface area contributed by atoms with Gasteiger partial charge in [-0.1, -0.05) is 26.0 Å². The Bertz CT molecular complexity index is 536. The van der Waals surface area contributed by atoms with Gasteiger partial charge in [0.2, 0.25) is 0 Å². The minimum Gasteiger partial charge on any atom is -0.396 e. The summed E-state index contributed by atoms with van der Waals surface area (Å²) in [5.74, 6) is -3.83. The molecule has 26 heavy (non-hydrogen) atoms. The topological polar surface area (TPSA) is 120 Å². The zero-order valence-electron chi connectivity index (χ0n) is 16.0. The van der Waals surface area contributed by atoms with E-state index in [0.717, 1.165) is 0 Å². The van der Waals surface area contributed by atoms with E-state index in [-0.39, 0.29) is 25.0 Å². The van der Waals surface area contributed by atoms with Crippen LogP contribution in [0.25, 0.3) is 0 Å². The van der Waals surface area contributed by atoms with Gasteiger partial charge in [0.05, 0.1) is 43.4 Å². The molecule has 0 amide bonds. The van der Waals surface area contributed by atoms with Crippen LogP contribution in [0, 0.1) is 17.8 Å². The SMILES string of the molecule is C/C=C\[C@H](C)C1O[C@@]1(C)C(O)[C@H](CO)C(=O)C1COC(O)(CC)CC1O. The van der Waals surface area contributed by atoms with Gasteiger partial charge in [0.15, 0.2) is 5.79 Å². The normalized spacial score (nSPS) is 41.0. The molecule has 2 heterocycles. The summed E-state index contributed by atoms with van der Waals surface area (Å²) in [5, 5.41) is 40.9. The smallest absolute Gasteiger partial charge is 0.167 e. The minimum absolute atomic E-state index is 0.0669. The van der Waals surface area contributed by atoms with Gasteiger partial charge in [-0.3, -0.25) is 4.79 Å². The van der Waals surface area contributed by atoms with Crippen LogP contribution in [0.15, 0.2) is 12.2 Å². The van der Waals surface area contributed by atoms with Gasteiger partial charge in [0.1, 0.15) is 11.4 Å². The Hall–Kier alpha value is -0.830. The predicted molar refractivity (Wildman–Crippen MR) is 94.2 cm³/mol. The molecule has 4 N–H and O–H groups in total. The second kappa shape index (κ2) is 8.04. The van der Waals surface area contributed by atoms with Crippen molar-refractivity contribution < 1.29 is 34.7 Å². The number of allylic oxidation sites excluding steroid dienone is 1. The highest BCUT2D eigenvalue weighted by molar-refractivity contribution is 5.85. The molecular weight excluding hydrogens is 340 g/mol. The van der Waals surface area contributed by atoms with Crippen LogP contribution in [0.4, 0.5) is 0 Å². The van der Waals surface area contributed by atoms with E-state index in [9.17, 15) is 25.2 Å². The Morgan fingerprint density at radius 1 is 1.42 bits per heavy atom. The molecule has 7 heteroatoms. The van der Waals surface area contributed by atoms with Crippen LogP contribution >= 0.6 is 0 Å². The van der Waals surface area contributed by atoms with Crippen molar-refractivity contribution in [2.45, 2.75) is 70.2 Å². The number of Topliss-reactive ketones (excluding diaryl/α,β-unsaturated/α-hetero) is 1. The van der Waals surface area contributed by atoms with Crippen molar-refractivity contribution in [1.29, 1.82) is 0 Å². The van der Waals surface area contributed by atoms with E-state index in [2.05, 4.69) is 0 Å². The van der Waals surface area contributed by atoms with Crippen LogP contribution in [-0.4, -0.2) is 69.1 Å². The zero-order valence-corrected chi connectivity index (χ0v) is 16.0. The molecule has 0 radical (unpaired) electrons. The molecule has 5 unspecified atom stereocenters. The first-order valence-electron chi connectivity index (χ1n) is 9.31. The third kappa shape index (κ3) is 4.03. The third-order valence-electron chi connectivity index (χ3n) is 5.83. The van der Waals surface area contributed by atoms with Crippen molar-refractivity contribution in [3.05, 3.63) is 12.2 Å². The van der Waals surface area contributed by atoms with E-state index in [0.29, 0.717) is 6.42 Å². The van der Waals surface area contributed by atoms with E-state index in [1.54, 1.807) is 13.8 Å². The lowest BCUT2D eigenvalue weighted by molar-refractivity contribution is -0.258. The van der Waals surface area contributed by atoms with Crippen LogP contribution in [0.3, 0.4) is 0 Å². The minimum atomic E-state index is -1.44. The molecule has 0 aromatic heterocycles. The van der Waals surface area contributed by atoms with E-state index < -0.39 is 47.8 Å². The lowest BCUT2D eigenvalue weighted by Crippen LogP contribution is -2.53. The summed E-state index contributed by atoms with van der Waals surface area (Å²) in [6.07, 6.45) is 1.55. The highest BCUT2D eigenvalue weighted by Gasteiger charge is 2.62. The van der Waals surface area contributed by atoms with Crippen LogP contribution in [0.2, 0.25) is 0 Å². The zero-order chi connectivity index (χ0) is 19.7. The molecule has 0 aromatic carbocycles. The number of carbonyl (C=O) groups excluding carboxylic acids is 1. The fraction of sp³-hybridized carbons (Fsp3) is 0.842. The maximum Gasteiger partial charge on any atom is 0.167 e. The molecule has 0 aliphatic carbocycles. The standard InChI is InChI=1S/C19H32O7/c1-5-7-11(3)17-18(4,26-17)16(23)12(9-20)15(22)13-10-25-19(24,6-2)8-14(13)21/h5,7,11-14,16-17,20-21,23-24H,6,8-10H2,1-4H3/b7-5-/t11-,12+,13?,14?,16?,17?,18-,19?/m0/s1. The van der Waals surface area contributed by atoms with Gasteiger partial charge < -0.3 is 29.9 Å². The molecule has 0 spiro atoms. The van der Waals surface area contributed by atoms with Crippen molar-refractivity contribution >= 4 is 5.78 Å². The summed E-state index contributed by atoms with van der Waals surface area (Å²) < 4.78 is 11.0. The van der Waals surface area contributed by atoms with Gasteiger partial charge in [-0.05, 0) is 20.3 Å². The van der Waals surface area contributed by atoms with Crippen LogP contribution in [0.5, 0.6) is 0 Å². The maximum absolute atomic E-state index is 12.8. The quantitative estimate of drug-likeness (QED) is 0.359. The Morgan fingerprint density at radius 2 is 2.08 bits per heavy atom. The Kier molecular flexibility index (Phi) is 6.64. The predicted octanol–water partition coefficient (Wildman–Crippen LogP) is 0.391. The summed E-state index contributed by atoms with van der Waals surface area (Å²) in [6.45, 7) is 6.61. The average Bonchev–Trinajstić information content (AvgIpc) is 3.29. The molecule has 2 aliphatic heterocycles. The number of hydrogen-bond donors (Lipinski definition) is 4. The molecule has 0 bridgehead atoms. The number of carbonyl (C=O) groups is 1. The number of epoxide rings is 1. The van der Waals surface area contributed by atoms with Gasteiger partial charge >= 0.3 is 0 Å². The number of aliphatic hydroxyl groups is 4. The number of aliphatic hydroxyl groups excluding tert-OH is 3. The number of hydrogen-bond acceptors (Lipinski definition) is 7. The van der Waals surface area contributed by atoms with Gasteiger partial charge in [0.25, 0.3) is 0 Å². The molecule has 8 atom stereocenters. The largest absolute Gasteiger partial charge is 0.396 e. The van der Waals surface area contributed by atoms with Crippen molar-refractivity contribution in [2.75, 3.05) is 13.2 Å². The summed E-state index contributed by atoms with van der Waals surface area (Å²) >= 11 is 0. The lowest BCUT2D eigenvalue weighted by Gasteiger charge is -2.39. The molecule has 150 valence electrons. The van der Waals surface area contributed by atoms with Gasteiger partial charge in [-0.2, -0.15) is 0 Å². The highest BCUT2D eigenvalue weighted by atomic mass is 16.6. The van der Waals surface area contributed by atoms with Crippen molar-refractivity contribution in [2.24, 2.45) is 17.8 Å². The first kappa shape index (κ1) is 21.5. The summed E-state index contributed by atoms with van der Waals surface area (Å²) in [6, 6.07) is 0. The molecule has 2 rings (SSSR count). The first-order valence-corrected chi connectivity index (χ1v) is 9.31. The van der Waals surface area contributed by atoms with Crippen molar-refractivity contribution in [3.63, 3.8) is 0 Å². The van der Waals surface area contributed by atoms with Crippen molar-refractivity contribution in [1.82, 2.24) is 0 Å². The van der Waals surface area contributed by atoms with Crippen LogP contribution in [-0.2, 0) is 14.3 Å². The Labute approximate surface area is 154 Å². The average molecular weight is 372 g/mol. The van der Waals surface area contributed by atoms with Gasteiger partial charge in [-0.25, -0.2) is 0 Å². The van der Waals surface area contributed by atoms with Gasteiger partial charge in [0, 0.05) is 12.3 Å². The fourth-order valence-electron chi connectivity index (χ4n) is 3.93.